The van der Waals surface area contributed by atoms with Gasteiger partial charge in [0.2, 0.25) is 5.76 Å². The third kappa shape index (κ3) is 2.75. The Morgan fingerprint density at radius 1 is 1.50 bits per heavy atom. The summed E-state index contributed by atoms with van der Waals surface area (Å²) in [5.74, 6) is -0.245. The van der Waals surface area contributed by atoms with Crippen LogP contribution in [0.1, 0.15) is 56.0 Å². The summed E-state index contributed by atoms with van der Waals surface area (Å²) in [7, 11) is 0. The molecule has 1 aromatic heterocycles. The number of carboxylic acids is 1. The van der Waals surface area contributed by atoms with E-state index in [2.05, 4.69) is 25.7 Å². The maximum atomic E-state index is 10.8. The molecule has 0 amide bonds. The summed E-state index contributed by atoms with van der Waals surface area (Å²) in [6, 6.07) is 3.44. The number of hydrogen-bond donors (Lipinski definition) is 1. The maximum Gasteiger partial charge on any atom is 0.371 e. The van der Waals surface area contributed by atoms with E-state index < -0.39 is 5.97 Å². The Kier molecular flexibility index (Phi) is 3.48. The first kappa shape index (κ1) is 13.1. The van der Waals surface area contributed by atoms with Gasteiger partial charge in [-0.1, -0.05) is 13.8 Å². The Hall–Kier alpha value is -1.29. The summed E-state index contributed by atoms with van der Waals surface area (Å²) in [5, 5.41) is 8.87. The number of furan rings is 1. The quantitative estimate of drug-likeness (QED) is 0.896. The summed E-state index contributed by atoms with van der Waals surface area (Å²) in [5.41, 5.74) is 0.328. The minimum atomic E-state index is -1.01. The van der Waals surface area contributed by atoms with E-state index in [1.54, 1.807) is 6.07 Å². The molecule has 0 aliphatic carbocycles. The number of carboxylic acid groups (broad SMARTS) is 1. The van der Waals surface area contributed by atoms with Crippen molar-refractivity contribution in [3.63, 3.8) is 0 Å². The molecule has 1 saturated heterocycles. The van der Waals surface area contributed by atoms with E-state index in [1.165, 1.54) is 18.9 Å². The van der Waals surface area contributed by atoms with Crippen molar-refractivity contribution >= 4 is 5.97 Å². The molecule has 2 heterocycles. The summed E-state index contributed by atoms with van der Waals surface area (Å²) < 4.78 is 5.39. The number of likely N-dealkylation sites (tertiary alicyclic amines) is 1. The van der Waals surface area contributed by atoms with Gasteiger partial charge in [-0.15, -0.1) is 0 Å². The molecule has 0 radical (unpaired) electrons. The predicted molar refractivity (Wildman–Crippen MR) is 68.7 cm³/mol. The van der Waals surface area contributed by atoms with Crippen molar-refractivity contribution in [2.24, 2.45) is 5.41 Å². The van der Waals surface area contributed by atoms with Crippen LogP contribution in [0.2, 0.25) is 0 Å². The first-order chi connectivity index (χ1) is 8.39. The van der Waals surface area contributed by atoms with E-state index in [1.807, 2.05) is 0 Å². The summed E-state index contributed by atoms with van der Waals surface area (Å²) in [6.45, 7) is 8.70. The fourth-order valence-corrected chi connectivity index (χ4v) is 2.67. The number of piperidine rings is 1. The van der Waals surface area contributed by atoms with Gasteiger partial charge in [0.25, 0.3) is 0 Å². The molecule has 0 bridgehead atoms. The molecule has 1 atom stereocenters. The zero-order chi connectivity index (χ0) is 13.3. The minimum Gasteiger partial charge on any atom is -0.475 e. The molecule has 1 fully saturated rings. The van der Waals surface area contributed by atoms with Crippen LogP contribution in [-0.2, 0) is 0 Å². The lowest BCUT2D eigenvalue weighted by Gasteiger charge is -2.40. The highest BCUT2D eigenvalue weighted by Crippen LogP contribution is 2.33. The topological polar surface area (TPSA) is 53.7 Å². The van der Waals surface area contributed by atoms with Crippen LogP contribution in [-0.4, -0.2) is 29.1 Å². The Bertz CT molecular complexity index is 436. The number of nitrogens with zero attached hydrogens (tertiary/aromatic N) is 1. The summed E-state index contributed by atoms with van der Waals surface area (Å²) in [4.78, 5) is 13.2. The van der Waals surface area contributed by atoms with Crippen LogP contribution in [0.15, 0.2) is 16.5 Å². The molecule has 1 N–H and O–H groups in total. The van der Waals surface area contributed by atoms with Gasteiger partial charge in [-0.05, 0) is 43.9 Å². The molecule has 4 heteroatoms. The molecule has 18 heavy (non-hydrogen) atoms. The molecule has 1 aromatic rings. The summed E-state index contributed by atoms with van der Waals surface area (Å²) >= 11 is 0. The van der Waals surface area contributed by atoms with Crippen LogP contribution in [0.4, 0.5) is 0 Å². The van der Waals surface area contributed by atoms with Gasteiger partial charge < -0.3 is 9.52 Å². The normalized spacial score (nSPS) is 21.7. The van der Waals surface area contributed by atoms with E-state index in [9.17, 15) is 4.79 Å². The van der Waals surface area contributed by atoms with Crippen molar-refractivity contribution in [1.29, 1.82) is 0 Å². The average Bonchev–Trinajstić information content (AvgIpc) is 2.76. The number of rotatable bonds is 3. The molecular weight excluding hydrogens is 230 g/mol. The second-order valence-electron chi connectivity index (χ2n) is 5.92. The average molecular weight is 251 g/mol. The molecular formula is C14H21NO3. The van der Waals surface area contributed by atoms with Gasteiger partial charge >= 0.3 is 5.97 Å². The molecule has 0 spiro atoms. The third-order valence-electron chi connectivity index (χ3n) is 3.73. The van der Waals surface area contributed by atoms with Crippen molar-refractivity contribution in [3.05, 3.63) is 23.7 Å². The smallest absolute Gasteiger partial charge is 0.371 e. The Morgan fingerprint density at radius 2 is 2.22 bits per heavy atom. The Morgan fingerprint density at radius 3 is 2.78 bits per heavy atom. The van der Waals surface area contributed by atoms with Crippen LogP contribution >= 0.6 is 0 Å². The molecule has 1 aliphatic heterocycles. The molecule has 100 valence electrons. The zero-order valence-electron chi connectivity index (χ0n) is 11.3. The van der Waals surface area contributed by atoms with Crippen molar-refractivity contribution < 1.29 is 14.3 Å². The zero-order valence-corrected chi connectivity index (χ0v) is 11.3. The summed E-state index contributed by atoms with van der Waals surface area (Å²) in [6.07, 6.45) is 2.43. The molecule has 4 nitrogen and oxygen atoms in total. The fraction of sp³-hybridized carbons (Fsp3) is 0.643. The predicted octanol–water partition coefficient (Wildman–Crippen LogP) is 3.16. The molecule has 0 aromatic carbocycles. The second kappa shape index (κ2) is 4.76. The van der Waals surface area contributed by atoms with Gasteiger partial charge in [-0.3, -0.25) is 4.90 Å². The lowest BCUT2D eigenvalue weighted by Crippen LogP contribution is -2.41. The van der Waals surface area contributed by atoms with E-state index in [0.717, 1.165) is 18.8 Å². The van der Waals surface area contributed by atoms with Crippen molar-refractivity contribution in [3.8, 4) is 0 Å². The second-order valence-corrected chi connectivity index (χ2v) is 5.92. The highest BCUT2D eigenvalue weighted by atomic mass is 16.4. The SMILES string of the molecule is CC(c1ccc(C(=O)O)o1)N1CCCC(C)(C)C1. The van der Waals surface area contributed by atoms with Gasteiger partial charge in [-0.25, -0.2) is 4.79 Å². The molecule has 1 aliphatic rings. The fourth-order valence-electron chi connectivity index (χ4n) is 2.67. The number of aromatic carboxylic acids is 1. The van der Waals surface area contributed by atoms with Crippen LogP contribution in [0, 0.1) is 5.41 Å². The molecule has 0 saturated carbocycles. The van der Waals surface area contributed by atoms with E-state index in [-0.39, 0.29) is 11.8 Å². The molecule has 1 unspecified atom stereocenters. The molecule has 2 rings (SSSR count). The van der Waals surface area contributed by atoms with Crippen molar-refractivity contribution in [1.82, 2.24) is 4.90 Å². The largest absolute Gasteiger partial charge is 0.475 e. The van der Waals surface area contributed by atoms with E-state index in [0.29, 0.717) is 5.41 Å². The van der Waals surface area contributed by atoms with Crippen LogP contribution in [0.5, 0.6) is 0 Å². The highest BCUT2D eigenvalue weighted by molar-refractivity contribution is 5.84. The standard InChI is InChI=1S/C14H21NO3/c1-10(11-5-6-12(18-11)13(16)17)15-8-4-7-14(2,3)9-15/h5-6,10H,4,7-9H2,1-3H3,(H,16,17). The van der Waals surface area contributed by atoms with Crippen molar-refractivity contribution in [2.45, 2.75) is 39.7 Å². The van der Waals surface area contributed by atoms with Gasteiger partial charge in [0, 0.05) is 6.54 Å². The highest BCUT2D eigenvalue weighted by Gasteiger charge is 2.30. The van der Waals surface area contributed by atoms with Gasteiger partial charge in [0.15, 0.2) is 0 Å². The number of hydrogen-bond acceptors (Lipinski definition) is 3. The van der Waals surface area contributed by atoms with Crippen molar-refractivity contribution in [2.75, 3.05) is 13.1 Å². The van der Waals surface area contributed by atoms with Gasteiger partial charge in [0.1, 0.15) is 5.76 Å². The maximum absolute atomic E-state index is 10.8. The van der Waals surface area contributed by atoms with Crippen LogP contribution in [0.25, 0.3) is 0 Å². The van der Waals surface area contributed by atoms with Crippen LogP contribution in [0.3, 0.4) is 0 Å². The lowest BCUT2D eigenvalue weighted by atomic mass is 9.83. The van der Waals surface area contributed by atoms with E-state index >= 15 is 0 Å². The Balaban J connectivity index is 2.10. The van der Waals surface area contributed by atoms with Gasteiger partial charge in [0.05, 0.1) is 6.04 Å². The third-order valence-corrected chi connectivity index (χ3v) is 3.73. The number of carbonyl (C=O) groups is 1. The Labute approximate surface area is 108 Å². The van der Waals surface area contributed by atoms with Crippen LogP contribution < -0.4 is 0 Å². The minimum absolute atomic E-state index is 0.0214. The first-order valence-electron chi connectivity index (χ1n) is 6.46. The van der Waals surface area contributed by atoms with E-state index in [4.69, 9.17) is 9.52 Å². The van der Waals surface area contributed by atoms with Gasteiger partial charge in [-0.2, -0.15) is 0 Å². The lowest BCUT2D eigenvalue weighted by molar-refractivity contribution is 0.0627. The monoisotopic (exact) mass is 251 g/mol. The first-order valence-corrected chi connectivity index (χ1v) is 6.46.